The standard InChI is InChI=1S/C27H18F6N2O4S3/c1-13(22(36)34-19-4-2-14(3-5-19)24(38)39)11-35-23(37)21(42-25(35)40)10-20-8-16(12-41-20)15-6-17(26(28,29)30)9-18(7-15)27(31,32)33/h2-10,12-13H,11H2,1H3,(H,34,36)(H,38,39). The molecule has 220 valence electrons. The fourth-order valence-corrected chi connectivity index (χ4v) is 6.00. The van der Waals surface area contributed by atoms with Crippen molar-refractivity contribution < 1.29 is 45.8 Å². The minimum absolute atomic E-state index is 0.0455. The largest absolute Gasteiger partial charge is 0.478 e. The molecule has 1 aliphatic heterocycles. The maximum Gasteiger partial charge on any atom is 0.416 e. The normalized spacial score (nSPS) is 15.8. The van der Waals surface area contributed by atoms with E-state index in [1.54, 1.807) is 6.92 Å². The topological polar surface area (TPSA) is 86.7 Å². The van der Waals surface area contributed by atoms with E-state index in [-0.39, 0.29) is 38.5 Å². The van der Waals surface area contributed by atoms with E-state index in [4.69, 9.17) is 17.3 Å². The first-order chi connectivity index (χ1) is 19.5. The lowest BCUT2D eigenvalue weighted by atomic mass is 10.0. The van der Waals surface area contributed by atoms with Gasteiger partial charge in [0.1, 0.15) is 4.32 Å². The van der Waals surface area contributed by atoms with Gasteiger partial charge in [-0.1, -0.05) is 30.9 Å². The van der Waals surface area contributed by atoms with Crippen molar-refractivity contribution in [1.29, 1.82) is 0 Å². The van der Waals surface area contributed by atoms with Crippen LogP contribution >= 0.6 is 35.3 Å². The monoisotopic (exact) mass is 644 g/mol. The number of carboxylic acids is 1. The Kier molecular flexibility index (Phi) is 8.85. The van der Waals surface area contributed by atoms with E-state index in [9.17, 15) is 40.7 Å². The number of thiocarbonyl (C=S) groups is 1. The summed E-state index contributed by atoms with van der Waals surface area (Å²) in [5, 5.41) is 13.0. The molecule has 2 amide bonds. The van der Waals surface area contributed by atoms with Crippen LogP contribution in [0.25, 0.3) is 17.2 Å². The van der Waals surface area contributed by atoms with E-state index in [0.717, 1.165) is 23.1 Å². The second-order valence-corrected chi connectivity index (χ2v) is 11.7. The summed E-state index contributed by atoms with van der Waals surface area (Å²) in [6.45, 7) is 1.50. The summed E-state index contributed by atoms with van der Waals surface area (Å²) in [6, 6.07) is 8.20. The van der Waals surface area contributed by atoms with Gasteiger partial charge in [0.05, 0.1) is 27.5 Å². The Morgan fingerprint density at radius 3 is 2.14 bits per heavy atom. The van der Waals surface area contributed by atoms with E-state index in [1.807, 2.05) is 0 Å². The summed E-state index contributed by atoms with van der Waals surface area (Å²) in [7, 11) is 0. The number of alkyl halides is 6. The minimum Gasteiger partial charge on any atom is -0.478 e. The maximum absolute atomic E-state index is 13.3. The zero-order chi connectivity index (χ0) is 31.0. The number of carboxylic acid groups (broad SMARTS) is 1. The van der Waals surface area contributed by atoms with Crippen molar-refractivity contribution >= 4 is 69.2 Å². The molecule has 1 aromatic heterocycles. The van der Waals surface area contributed by atoms with Crippen molar-refractivity contribution in [3.8, 4) is 11.1 Å². The number of hydrogen-bond acceptors (Lipinski definition) is 6. The van der Waals surface area contributed by atoms with Gasteiger partial charge in [0.2, 0.25) is 5.91 Å². The van der Waals surface area contributed by atoms with E-state index in [2.05, 4.69) is 5.32 Å². The number of nitrogens with zero attached hydrogens (tertiary/aromatic N) is 1. The molecule has 1 aliphatic rings. The molecule has 4 rings (SSSR count). The number of anilines is 1. The molecule has 0 spiro atoms. The van der Waals surface area contributed by atoms with Gasteiger partial charge in [-0.3, -0.25) is 14.5 Å². The van der Waals surface area contributed by atoms with Crippen LogP contribution in [0.4, 0.5) is 32.0 Å². The first kappa shape index (κ1) is 31.3. The van der Waals surface area contributed by atoms with Crippen LogP contribution in [0.1, 0.15) is 33.3 Å². The average Bonchev–Trinajstić information content (AvgIpc) is 3.48. The van der Waals surface area contributed by atoms with E-state index < -0.39 is 47.2 Å². The SMILES string of the molecule is CC(CN1C(=O)C(=Cc2cc(-c3cc(C(F)(F)F)cc(C(F)(F)F)c3)cs2)SC1=S)C(=O)Nc1ccc(C(=O)O)cc1. The molecule has 15 heteroatoms. The third-order valence-electron chi connectivity index (χ3n) is 5.99. The average molecular weight is 645 g/mol. The Bertz CT molecular complexity index is 1560. The number of thiophene rings is 1. The Morgan fingerprint density at radius 2 is 1.60 bits per heavy atom. The summed E-state index contributed by atoms with van der Waals surface area (Å²) >= 11 is 7.26. The quantitative estimate of drug-likeness (QED) is 0.156. The van der Waals surface area contributed by atoms with E-state index >= 15 is 0 Å². The number of nitrogens with one attached hydrogen (secondary N) is 1. The Morgan fingerprint density at radius 1 is 1.00 bits per heavy atom. The second kappa shape index (κ2) is 11.9. The van der Waals surface area contributed by atoms with Gasteiger partial charge >= 0.3 is 18.3 Å². The van der Waals surface area contributed by atoms with Crippen LogP contribution in [-0.2, 0) is 21.9 Å². The lowest BCUT2D eigenvalue weighted by molar-refractivity contribution is -0.143. The van der Waals surface area contributed by atoms with Crippen molar-refractivity contribution in [3.63, 3.8) is 0 Å². The van der Waals surface area contributed by atoms with Crippen LogP contribution in [0, 0.1) is 5.92 Å². The second-order valence-electron chi connectivity index (χ2n) is 9.10. The Hall–Kier alpha value is -3.69. The summed E-state index contributed by atoms with van der Waals surface area (Å²) in [4.78, 5) is 38.5. The van der Waals surface area contributed by atoms with Crippen LogP contribution < -0.4 is 5.32 Å². The molecule has 1 fully saturated rings. The van der Waals surface area contributed by atoms with Crippen LogP contribution in [-0.4, -0.2) is 38.7 Å². The molecule has 0 radical (unpaired) electrons. The predicted octanol–water partition coefficient (Wildman–Crippen LogP) is 7.63. The first-order valence-corrected chi connectivity index (χ1v) is 13.9. The van der Waals surface area contributed by atoms with Gasteiger partial charge in [0, 0.05) is 17.1 Å². The number of thioether (sulfide) groups is 1. The van der Waals surface area contributed by atoms with Gasteiger partial charge in [-0.25, -0.2) is 4.79 Å². The summed E-state index contributed by atoms with van der Waals surface area (Å²) < 4.78 is 79.7. The lowest BCUT2D eigenvalue weighted by Crippen LogP contribution is -2.36. The molecule has 0 aliphatic carbocycles. The van der Waals surface area contributed by atoms with Crippen LogP contribution in [0.3, 0.4) is 0 Å². The molecule has 1 atom stereocenters. The number of aromatic carboxylic acids is 1. The van der Waals surface area contributed by atoms with Gasteiger partial charge in [-0.15, -0.1) is 11.3 Å². The van der Waals surface area contributed by atoms with Crippen LogP contribution in [0.15, 0.2) is 58.8 Å². The van der Waals surface area contributed by atoms with Gasteiger partial charge < -0.3 is 10.4 Å². The molecule has 0 saturated carbocycles. The van der Waals surface area contributed by atoms with E-state index in [1.165, 1.54) is 46.7 Å². The maximum atomic E-state index is 13.3. The molecule has 2 aromatic carbocycles. The molecule has 0 bridgehead atoms. The highest BCUT2D eigenvalue weighted by molar-refractivity contribution is 8.26. The molecular formula is C27H18F6N2O4S3. The number of carbonyl (C=O) groups excluding carboxylic acids is 2. The highest BCUT2D eigenvalue weighted by Crippen LogP contribution is 2.40. The van der Waals surface area contributed by atoms with Crippen molar-refractivity contribution in [1.82, 2.24) is 4.90 Å². The van der Waals surface area contributed by atoms with Gasteiger partial charge in [-0.05, 0) is 71.1 Å². The van der Waals surface area contributed by atoms with Crippen molar-refractivity contribution in [2.75, 3.05) is 11.9 Å². The fraction of sp³-hybridized carbons (Fsp3) is 0.185. The number of rotatable bonds is 7. The van der Waals surface area contributed by atoms with Crippen molar-refractivity contribution in [3.05, 3.63) is 80.4 Å². The molecule has 3 aromatic rings. The number of halogens is 6. The number of benzene rings is 2. The minimum atomic E-state index is -4.98. The van der Waals surface area contributed by atoms with Crippen molar-refractivity contribution in [2.24, 2.45) is 5.92 Å². The van der Waals surface area contributed by atoms with Gasteiger partial charge in [-0.2, -0.15) is 26.3 Å². The number of carbonyl (C=O) groups is 3. The lowest BCUT2D eigenvalue weighted by Gasteiger charge is -2.19. The highest BCUT2D eigenvalue weighted by atomic mass is 32.2. The predicted molar refractivity (Wildman–Crippen MR) is 151 cm³/mol. The molecule has 2 N–H and O–H groups in total. The molecule has 2 heterocycles. The smallest absolute Gasteiger partial charge is 0.416 e. The first-order valence-electron chi connectivity index (χ1n) is 11.8. The summed E-state index contributed by atoms with van der Waals surface area (Å²) in [6.07, 6.45) is -8.54. The summed E-state index contributed by atoms with van der Waals surface area (Å²) in [5.41, 5.74) is -2.63. The number of hydrogen-bond donors (Lipinski definition) is 2. The van der Waals surface area contributed by atoms with E-state index in [0.29, 0.717) is 22.7 Å². The molecule has 42 heavy (non-hydrogen) atoms. The third-order valence-corrected chi connectivity index (χ3v) is 8.25. The van der Waals surface area contributed by atoms with Gasteiger partial charge in [0.25, 0.3) is 5.91 Å². The van der Waals surface area contributed by atoms with Crippen molar-refractivity contribution in [2.45, 2.75) is 19.3 Å². The molecule has 1 saturated heterocycles. The van der Waals surface area contributed by atoms with Crippen LogP contribution in [0.5, 0.6) is 0 Å². The molecule has 6 nitrogen and oxygen atoms in total. The fourth-order valence-electron chi connectivity index (χ4n) is 3.81. The molecule has 1 unspecified atom stereocenters. The highest BCUT2D eigenvalue weighted by Gasteiger charge is 2.37. The summed E-state index contributed by atoms with van der Waals surface area (Å²) in [5.74, 6) is -2.79. The zero-order valence-corrected chi connectivity index (χ0v) is 23.6. The van der Waals surface area contributed by atoms with Gasteiger partial charge in [0.15, 0.2) is 0 Å². The van der Waals surface area contributed by atoms with Crippen LogP contribution in [0.2, 0.25) is 0 Å². The number of amides is 2. The molecular weight excluding hydrogens is 626 g/mol. The third kappa shape index (κ3) is 7.20. The Labute approximate surface area is 248 Å². The Balaban J connectivity index is 1.48. The zero-order valence-electron chi connectivity index (χ0n) is 21.2.